The number of aryl methyl sites for hydroxylation is 1. The van der Waals surface area contributed by atoms with Gasteiger partial charge in [-0.25, -0.2) is 14.1 Å². The Morgan fingerprint density at radius 1 is 1.03 bits per heavy atom. The van der Waals surface area contributed by atoms with Crippen LogP contribution in [-0.4, -0.2) is 20.0 Å². The molecule has 0 aliphatic carbocycles. The van der Waals surface area contributed by atoms with Crippen molar-refractivity contribution in [1.29, 1.82) is 0 Å². The van der Waals surface area contributed by atoms with E-state index in [1.54, 1.807) is 36.0 Å². The summed E-state index contributed by atoms with van der Waals surface area (Å²) >= 11 is 2.75. The molecule has 32 heavy (non-hydrogen) atoms. The highest BCUT2D eigenvalue weighted by molar-refractivity contribution is 8.01. The van der Waals surface area contributed by atoms with Crippen LogP contribution in [-0.2, 0) is 6.18 Å². The molecule has 2 aromatic carbocycles. The van der Waals surface area contributed by atoms with Crippen molar-refractivity contribution in [3.05, 3.63) is 71.8 Å². The SMILES string of the molecule is Cc1nn(-c2nc(-c3ccccc3C(F)(F)F)c(SC(C)C)s2)cc1-c1cccc(F)c1. The van der Waals surface area contributed by atoms with E-state index in [0.717, 1.165) is 11.6 Å². The lowest BCUT2D eigenvalue weighted by atomic mass is 10.1. The number of benzene rings is 2. The summed E-state index contributed by atoms with van der Waals surface area (Å²) in [5.74, 6) is -0.356. The van der Waals surface area contributed by atoms with E-state index in [-0.39, 0.29) is 22.3 Å². The number of thiazole rings is 1. The molecule has 0 bridgehead atoms. The fraction of sp³-hybridized carbons (Fsp3) is 0.217. The number of alkyl halides is 3. The predicted molar refractivity (Wildman–Crippen MR) is 121 cm³/mol. The summed E-state index contributed by atoms with van der Waals surface area (Å²) in [6.07, 6.45) is -2.76. The maximum atomic E-state index is 13.7. The molecule has 0 aliphatic heterocycles. The number of hydrogen-bond acceptors (Lipinski definition) is 4. The molecule has 0 saturated carbocycles. The van der Waals surface area contributed by atoms with Crippen molar-refractivity contribution in [3.8, 4) is 27.5 Å². The van der Waals surface area contributed by atoms with Crippen molar-refractivity contribution < 1.29 is 17.6 Å². The highest BCUT2D eigenvalue weighted by atomic mass is 32.2. The largest absolute Gasteiger partial charge is 0.417 e. The molecule has 166 valence electrons. The first-order valence-electron chi connectivity index (χ1n) is 9.80. The molecule has 0 aliphatic rings. The topological polar surface area (TPSA) is 30.7 Å². The number of nitrogens with zero attached hydrogens (tertiary/aromatic N) is 3. The summed E-state index contributed by atoms with van der Waals surface area (Å²) in [6.45, 7) is 5.75. The Labute approximate surface area is 191 Å². The van der Waals surface area contributed by atoms with Gasteiger partial charge in [0, 0.05) is 22.6 Å². The predicted octanol–water partition coefficient (Wildman–Crippen LogP) is 7.63. The molecular weight excluding hydrogens is 458 g/mol. The second kappa shape index (κ2) is 8.71. The monoisotopic (exact) mass is 477 g/mol. The van der Waals surface area contributed by atoms with Gasteiger partial charge in [-0.2, -0.15) is 18.3 Å². The first-order chi connectivity index (χ1) is 15.1. The van der Waals surface area contributed by atoms with Crippen LogP contribution in [0.25, 0.3) is 27.5 Å². The van der Waals surface area contributed by atoms with Crippen LogP contribution in [0.15, 0.2) is 58.9 Å². The minimum absolute atomic E-state index is 0.0416. The average molecular weight is 478 g/mol. The highest BCUT2D eigenvalue weighted by Crippen LogP contribution is 2.44. The first kappa shape index (κ1) is 22.5. The maximum Gasteiger partial charge on any atom is 0.417 e. The molecule has 0 saturated heterocycles. The van der Waals surface area contributed by atoms with Gasteiger partial charge in [0.15, 0.2) is 0 Å². The molecule has 2 aromatic heterocycles. The van der Waals surface area contributed by atoms with E-state index in [1.165, 1.54) is 47.4 Å². The van der Waals surface area contributed by atoms with Gasteiger partial charge in [-0.1, -0.05) is 55.5 Å². The van der Waals surface area contributed by atoms with Crippen molar-refractivity contribution in [2.24, 2.45) is 0 Å². The van der Waals surface area contributed by atoms with E-state index in [4.69, 9.17) is 0 Å². The van der Waals surface area contributed by atoms with Crippen molar-refractivity contribution >= 4 is 23.1 Å². The molecule has 0 amide bonds. The number of aromatic nitrogens is 3. The lowest BCUT2D eigenvalue weighted by Crippen LogP contribution is -2.07. The van der Waals surface area contributed by atoms with E-state index in [0.29, 0.717) is 20.6 Å². The number of hydrogen-bond donors (Lipinski definition) is 0. The Bertz CT molecular complexity index is 1260. The van der Waals surface area contributed by atoms with Crippen LogP contribution < -0.4 is 0 Å². The standard InChI is InChI=1S/C23H19F4N3S2/c1-13(2)31-21-20(17-9-4-5-10-19(17)23(25,26)27)28-22(32-21)30-12-18(14(3)29-30)15-7-6-8-16(24)11-15/h4-13H,1-3H3. The third-order valence-corrected chi connectivity index (χ3v) is 6.90. The van der Waals surface area contributed by atoms with Gasteiger partial charge in [-0.3, -0.25) is 0 Å². The van der Waals surface area contributed by atoms with Crippen LogP contribution in [0, 0.1) is 12.7 Å². The Morgan fingerprint density at radius 3 is 2.47 bits per heavy atom. The van der Waals surface area contributed by atoms with E-state index in [2.05, 4.69) is 10.1 Å². The van der Waals surface area contributed by atoms with Gasteiger partial charge < -0.3 is 0 Å². The third kappa shape index (κ3) is 4.59. The zero-order valence-electron chi connectivity index (χ0n) is 17.4. The van der Waals surface area contributed by atoms with Gasteiger partial charge in [0.25, 0.3) is 0 Å². The van der Waals surface area contributed by atoms with Crippen molar-refractivity contribution in [1.82, 2.24) is 14.8 Å². The minimum atomic E-state index is -4.49. The summed E-state index contributed by atoms with van der Waals surface area (Å²) in [5.41, 5.74) is 1.68. The second-order valence-corrected chi connectivity index (χ2v) is 10.2. The molecule has 0 unspecified atom stereocenters. The number of halogens is 4. The Balaban J connectivity index is 1.84. The van der Waals surface area contributed by atoms with Gasteiger partial charge in [0.2, 0.25) is 5.13 Å². The van der Waals surface area contributed by atoms with Crippen molar-refractivity contribution in [2.75, 3.05) is 0 Å². The molecule has 4 aromatic rings. The van der Waals surface area contributed by atoms with Gasteiger partial charge in [0.05, 0.1) is 21.2 Å². The van der Waals surface area contributed by atoms with Crippen LogP contribution in [0.4, 0.5) is 17.6 Å². The third-order valence-electron chi connectivity index (χ3n) is 4.65. The molecular formula is C23H19F4N3S2. The van der Waals surface area contributed by atoms with Crippen molar-refractivity contribution in [2.45, 2.75) is 36.4 Å². The second-order valence-electron chi connectivity index (χ2n) is 7.43. The fourth-order valence-electron chi connectivity index (χ4n) is 3.29. The highest BCUT2D eigenvalue weighted by Gasteiger charge is 2.35. The quantitative estimate of drug-likeness (QED) is 0.219. The zero-order chi connectivity index (χ0) is 23.0. The van der Waals surface area contributed by atoms with E-state index >= 15 is 0 Å². The summed E-state index contributed by atoms with van der Waals surface area (Å²) in [4.78, 5) is 4.57. The van der Waals surface area contributed by atoms with Crippen molar-refractivity contribution in [3.63, 3.8) is 0 Å². The maximum absolute atomic E-state index is 13.7. The average Bonchev–Trinajstić information content (AvgIpc) is 3.30. The van der Waals surface area contributed by atoms with E-state index in [9.17, 15) is 17.6 Å². The molecule has 2 heterocycles. The van der Waals surface area contributed by atoms with Crippen LogP contribution >= 0.6 is 23.1 Å². The molecule has 4 rings (SSSR count). The Morgan fingerprint density at radius 2 is 1.78 bits per heavy atom. The molecule has 0 atom stereocenters. The van der Waals surface area contributed by atoms with Crippen LogP contribution in [0.1, 0.15) is 25.1 Å². The van der Waals surface area contributed by atoms with E-state index < -0.39 is 11.7 Å². The number of thioether (sulfide) groups is 1. The smallest absolute Gasteiger partial charge is 0.217 e. The zero-order valence-corrected chi connectivity index (χ0v) is 19.1. The molecule has 0 N–H and O–H groups in total. The summed E-state index contributed by atoms with van der Waals surface area (Å²) in [7, 11) is 0. The molecule has 0 spiro atoms. The molecule has 0 fully saturated rings. The summed E-state index contributed by atoms with van der Waals surface area (Å²) < 4.78 is 56.9. The van der Waals surface area contributed by atoms with Gasteiger partial charge in [-0.05, 0) is 30.7 Å². The normalized spacial score (nSPS) is 12.0. The first-order valence-corrected chi connectivity index (χ1v) is 11.5. The van der Waals surface area contributed by atoms with Gasteiger partial charge in [0.1, 0.15) is 5.82 Å². The lowest BCUT2D eigenvalue weighted by Gasteiger charge is -2.12. The van der Waals surface area contributed by atoms with Crippen LogP contribution in [0.3, 0.4) is 0 Å². The molecule has 9 heteroatoms. The summed E-state index contributed by atoms with van der Waals surface area (Å²) in [6, 6.07) is 11.6. The lowest BCUT2D eigenvalue weighted by molar-refractivity contribution is -0.137. The fourth-order valence-corrected chi connectivity index (χ4v) is 5.72. The Kier molecular flexibility index (Phi) is 6.13. The van der Waals surface area contributed by atoms with Gasteiger partial charge >= 0.3 is 6.18 Å². The van der Waals surface area contributed by atoms with Crippen LogP contribution in [0.5, 0.6) is 0 Å². The number of rotatable bonds is 5. The molecule has 0 radical (unpaired) electrons. The van der Waals surface area contributed by atoms with Gasteiger partial charge in [-0.15, -0.1) is 11.8 Å². The van der Waals surface area contributed by atoms with E-state index in [1.807, 2.05) is 13.8 Å². The molecule has 3 nitrogen and oxygen atoms in total. The summed E-state index contributed by atoms with van der Waals surface area (Å²) in [5, 5.41) is 5.10. The van der Waals surface area contributed by atoms with Crippen LogP contribution in [0.2, 0.25) is 0 Å². The Hall–Kier alpha value is -2.65. The minimum Gasteiger partial charge on any atom is -0.217 e.